The maximum absolute atomic E-state index is 11.2. The molecule has 1 aliphatic heterocycles. The number of hydrogen-bond donors (Lipinski definition) is 0. The quantitative estimate of drug-likeness (QED) is 0.541. The van der Waals surface area contributed by atoms with Crippen LogP contribution in [0.25, 0.3) is 6.08 Å². The Bertz CT molecular complexity index is 473. The largest absolute Gasteiger partial charge is 0.443 e. The Labute approximate surface area is 91.5 Å². The summed E-state index contributed by atoms with van der Waals surface area (Å²) in [5.41, 5.74) is 0.866. The first-order valence-electron chi connectivity index (χ1n) is 4.71. The monoisotopic (exact) mass is 216 g/mol. The number of carbonyl (C=O) groups is 3. The van der Waals surface area contributed by atoms with E-state index in [2.05, 4.69) is 4.74 Å². The van der Waals surface area contributed by atoms with Crippen molar-refractivity contribution in [3.63, 3.8) is 0 Å². The van der Waals surface area contributed by atoms with Crippen molar-refractivity contribution in [2.24, 2.45) is 0 Å². The Kier molecular flexibility index (Phi) is 2.64. The first kappa shape index (κ1) is 10.3. The number of carbonyl (C=O) groups excluding carboxylic acids is 3. The van der Waals surface area contributed by atoms with Crippen LogP contribution in [0.3, 0.4) is 0 Å². The molecule has 0 unspecified atom stereocenters. The summed E-state index contributed by atoms with van der Waals surface area (Å²) >= 11 is 0. The molecule has 2 rings (SSSR count). The van der Waals surface area contributed by atoms with Crippen LogP contribution in [0.1, 0.15) is 5.56 Å². The lowest BCUT2D eigenvalue weighted by Crippen LogP contribution is -2.17. The van der Waals surface area contributed by atoms with Gasteiger partial charge in [0, 0.05) is 0 Å². The molecule has 0 aliphatic carbocycles. The molecule has 1 heterocycles. The molecule has 0 radical (unpaired) electrons. The molecule has 0 aromatic heterocycles. The number of cyclic esters (lactones) is 1. The van der Waals surface area contributed by atoms with Crippen molar-refractivity contribution in [1.29, 1.82) is 0 Å². The van der Waals surface area contributed by atoms with Gasteiger partial charge < -0.3 is 4.74 Å². The van der Waals surface area contributed by atoms with Gasteiger partial charge in [-0.2, -0.15) is 0 Å². The smallest absolute Gasteiger partial charge is 0.384 e. The van der Waals surface area contributed by atoms with Crippen LogP contribution in [0.4, 0.5) is 0 Å². The fourth-order valence-corrected chi connectivity index (χ4v) is 1.34. The van der Waals surface area contributed by atoms with Gasteiger partial charge >= 0.3 is 11.8 Å². The summed E-state index contributed by atoms with van der Waals surface area (Å²) in [7, 11) is 0. The highest BCUT2D eigenvalue weighted by Gasteiger charge is 2.40. The minimum absolute atomic E-state index is 0.808. The molecule has 1 aromatic carbocycles. The minimum atomic E-state index is -1.08. The predicted molar refractivity (Wildman–Crippen MR) is 55.4 cm³/mol. The Morgan fingerprint density at radius 1 is 1.06 bits per heavy atom. The standard InChI is InChI=1S/C12H8O4/c13-10-9(16-12(15)11(10)14)7-6-8-4-2-1-3-5-8/h1-7,9H/b7-6-/t9-/m1/s1. The molecular weight excluding hydrogens is 208 g/mol. The zero-order chi connectivity index (χ0) is 11.5. The number of hydrogen-bond acceptors (Lipinski definition) is 4. The summed E-state index contributed by atoms with van der Waals surface area (Å²) in [6.45, 7) is 0. The molecule has 0 amide bonds. The number of ether oxygens (including phenoxy) is 1. The van der Waals surface area contributed by atoms with Crippen LogP contribution >= 0.6 is 0 Å². The van der Waals surface area contributed by atoms with Gasteiger partial charge in [-0.3, -0.25) is 9.59 Å². The second-order valence-corrected chi connectivity index (χ2v) is 3.29. The molecule has 0 bridgehead atoms. The normalized spacial score (nSPS) is 20.5. The van der Waals surface area contributed by atoms with E-state index in [1.54, 1.807) is 6.08 Å². The van der Waals surface area contributed by atoms with Gasteiger partial charge in [0.05, 0.1) is 0 Å². The average molecular weight is 216 g/mol. The molecule has 0 spiro atoms. The summed E-state index contributed by atoms with van der Waals surface area (Å²) in [6.07, 6.45) is 1.97. The second-order valence-electron chi connectivity index (χ2n) is 3.29. The van der Waals surface area contributed by atoms with Gasteiger partial charge in [-0.05, 0) is 11.6 Å². The molecule has 1 atom stereocenters. The van der Waals surface area contributed by atoms with Crippen LogP contribution in [0.5, 0.6) is 0 Å². The zero-order valence-electron chi connectivity index (χ0n) is 8.25. The summed E-state index contributed by atoms with van der Waals surface area (Å²) in [5.74, 6) is -2.97. The first-order valence-corrected chi connectivity index (χ1v) is 4.71. The number of esters is 1. The van der Waals surface area contributed by atoms with Crippen LogP contribution < -0.4 is 0 Å². The van der Waals surface area contributed by atoms with Crippen LogP contribution in [0, 0.1) is 0 Å². The Balaban J connectivity index is 2.12. The fraction of sp³-hybridized carbons (Fsp3) is 0.0833. The van der Waals surface area contributed by atoms with Crippen LogP contribution in [0.2, 0.25) is 0 Å². The molecule has 16 heavy (non-hydrogen) atoms. The van der Waals surface area contributed by atoms with Gasteiger partial charge in [0.15, 0.2) is 6.10 Å². The molecule has 4 heteroatoms. The van der Waals surface area contributed by atoms with E-state index in [0.29, 0.717) is 0 Å². The molecule has 80 valence electrons. The maximum atomic E-state index is 11.2. The first-order chi connectivity index (χ1) is 7.68. The van der Waals surface area contributed by atoms with Gasteiger partial charge in [-0.1, -0.05) is 36.4 Å². The molecule has 4 nitrogen and oxygen atoms in total. The van der Waals surface area contributed by atoms with Gasteiger partial charge in [-0.15, -0.1) is 0 Å². The van der Waals surface area contributed by atoms with E-state index in [1.165, 1.54) is 6.08 Å². The zero-order valence-corrected chi connectivity index (χ0v) is 8.25. The van der Waals surface area contributed by atoms with Gasteiger partial charge in [-0.25, -0.2) is 4.79 Å². The third kappa shape index (κ3) is 1.91. The van der Waals surface area contributed by atoms with Gasteiger partial charge in [0.25, 0.3) is 5.78 Å². The van der Waals surface area contributed by atoms with Crippen molar-refractivity contribution in [2.45, 2.75) is 6.10 Å². The SMILES string of the molecule is O=C1O[C@H](/C=C\c2ccccc2)C(=O)C1=O. The average Bonchev–Trinajstić information content (AvgIpc) is 2.56. The maximum Gasteiger partial charge on any atom is 0.384 e. The summed E-state index contributed by atoms with van der Waals surface area (Å²) in [5, 5.41) is 0. The van der Waals surface area contributed by atoms with Crippen molar-refractivity contribution in [1.82, 2.24) is 0 Å². The lowest BCUT2D eigenvalue weighted by Gasteiger charge is -1.98. The van der Waals surface area contributed by atoms with E-state index in [0.717, 1.165) is 5.56 Å². The molecule has 1 saturated heterocycles. The molecule has 0 saturated carbocycles. The lowest BCUT2D eigenvalue weighted by molar-refractivity contribution is -0.148. The van der Waals surface area contributed by atoms with Crippen molar-refractivity contribution in [3.8, 4) is 0 Å². The second kappa shape index (κ2) is 4.10. The molecule has 1 fully saturated rings. The Morgan fingerprint density at radius 2 is 1.75 bits per heavy atom. The van der Waals surface area contributed by atoms with E-state index in [-0.39, 0.29) is 0 Å². The molecule has 1 aromatic rings. The van der Waals surface area contributed by atoms with E-state index in [1.807, 2.05) is 30.3 Å². The van der Waals surface area contributed by atoms with Crippen LogP contribution in [-0.4, -0.2) is 23.6 Å². The number of Topliss-reactive ketones (excluding diaryl/α,β-unsaturated/α-hetero) is 2. The van der Waals surface area contributed by atoms with Crippen molar-refractivity contribution in [2.75, 3.05) is 0 Å². The minimum Gasteiger partial charge on any atom is -0.443 e. The Morgan fingerprint density at radius 3 is 2.31 bits per heavy atom. The summed E-state index contributed by atoms with van der Waals surface area (Å²) < 4.78 is 4.58. The van der Waals surface area contributed by atoms with E-state index in [9.17, 15) is 14.4 Å². The highest BCUT2D eigenvalue weighted by molar-refractivity contribution is 6.65. The van der Waals surface area contributed by atoms with E-state index in [4.69, 9.17) is 0 Å². The molecule has 1 aliphatic rings. The summed E-state index contributed by atoms with van der Waals surface area (Å²) in [6, 6.07) is 9.21. The van der Waals surface area contributed by atoms with Crippen molar-refractivity contribution in [3.05, 3.63) is 42.0 Å². The topological polar surface area (TPSA) is 60.4 Å². The summed E-state index contributed by atoms with van der Waals surface area (Å²) in [4.78, 5) is 32.8. The van der Waals surface area contributed by atoms with Gasteiger partial charge in [0.2, 0.25) is 0 Å². The third-order valence-corrected chi connectivity index (χ3v) is 2.16. The molecule has 0 N–H and O–H groups in total. The number of benzene rings is 1. The predicted octanol–water partition coefficient (Wildman–Crippen LogP) is 0.763. The fourth-order valence-electron chi connectivity index (χ4n) is 1.34. The number of rotatable bonds is 2. The van der Waals surface area contributed by atoms with Crippen molar-refractivity contribution < 1.29 is 19.1 Å². The van der Waals surface area contributed by atoms with Crippen LogP contribution in [-0.2, 0) is 19.1 Å². The molecular formula is C12H8O4. The third-order valence-electron chi connectivity index (χ3n) is 2.16. The highest BCUT2D eigenvalue weighted by atomic mass is 16.6. The van der Waals surface area contributed by atoms with Crippen molar-refractivity contribution >= 4 is 23.6 Å². The van der Waals surface area contributed by atoms with E-state index >= 15 is 0 Å². The van der Waals surface area contributed by atoms with Crippen LogP contribution in [0.15, 0.2) is 36.4 Å². The number of ketones is 2. The van der Waals surface area contributed by atoms with Gasteiger partial charge in [0.1, 0.15) is 0 Å². The lowest BCUT2D eigenvalue weighted by atomic mass is 10.1. The Hall–Kier alpha value is -2.23. The highest BCUT2D eigenvalue weighted by Crippen LogP contribution is 2.10. The van der Waals surface area contributed by atoms with E-state index < -0.39 is 23.6 Å².